The molecule has 0 aliphatic carbocycles. The molecule has 2 saturated heterocycles. The van der Waals surface area contributed by atoms with Gasteiger partial charge in [0, 0.05) is 26.1 Å². The van der Waals surface area contributed by atoms with E-state index in [2.05, 4.69) is 6.92 Å². The monoisotopic (exact) mass is 259 g/mol. The summed E-state index contributed by atoms with van der Waals surface area (Å²) in [6.45, 7) is 4.61. The van der Waals surface area contributed by atoms with E-state index in [1.165, 1.54) is 0 Å². The van der Waals surface area contributed by atoms with E-state index in [0.29, 0.717) is 25.0 Å². The number of amides is 1. The summed E-state index contributed by atoms with van der Waals surface area (Å²) in [5, 5.41) is 0.121. The highest BCUT2D eigenvalue weighted by molar-refractivity contribution is 6.21. The highest BCUT2D eigenvalue weighted by Gasteiger charge is 2.27. The number of carbonyl (C=O) groups excluding carboxylic acids is 1. The minimum atomic E-state index is 0.121. The standard InChI is InChI=1S/C13H22ClNO2/c1-10-6-7-15(9-12(10)14)13(16)5-4-11-3-2-8-17-11/h10-12H,2-9H2,1H3. The first-order valence-electron chi connectivity index (χ1n) is 6.70. The van der Waals surface area contributed by atoms with Crippen LogP contribution in [0.25, 0.3) is 0 Å². The number of likely N-dealkylation sites (tertiary alicyclic amines) is 1. The molecular weight excluding hydrogens is 238 g/mol. The van der Waals surface area contributed by atoms with Crippen LogP contribution in [0.4, 0.5) is 0 Å². The molecular formula is C13H22ClNO2. The zero-order valence-electron chi connectivity index (χ0n) is 10.5. The molecule has 3 atom stereocenters. The maximum absolute atomic E-state index is 12.0. The predicted molar refractivity (Wildman–Crippen MR) is 68.2 cm³/mol. The van der Waals surface area contributed by atoms with Gasteiger partial charge >= 0.3 is 0 Å². The van der Waals surface area contributed by atoms with Gasteiger partial charge in [0.15, 0.2) is 0 Å². The molecule has 0 aromatic heterocycles. The van der Waals surface area contributed by atoms with Crippen molar-refractivity contribution >= 4 is 17.5 Å². The van der Waals surface area contributed by atoms with Crippen molar-refractivity contribution in [2.75, 3.05) is 19.7 Å². The second-order valence-corrected chi connectivity index (χ2v) is 5.86. The van der Waals surface area contributed by atoms with E-state index in [4.69, 9.17) is 16.3 Å². The molecule has 2 heterocycles. The number of hydrogen-bond donors (Lipinski definition) is 0. The average molecular weight is 260 g/mol. The van der Waals surface area contributed by atoms with Gasteiger partial charge in [0.25, 0.3) is 0 Å². The lowest BCUT2D eigenvalue weighted by molar-refractivity contribution is -0.133. The lowest BCUT2D eigenvalue weighted by Gasteiger charge is -2.34. The van der Waals surface area contributed by atoms with E-state index in [1.807, 2.05) is 4.90 Å². The van der Waals surface area contributed by atoms with Crippen LogP contribution < -0.4 is 0 Å². The molecule has 2 rings (SSSR count). The van der Waals surface area contributed by atoms with Crippen LogP contribution in [0.3, 0.4) is 0 Å². The Balaban J connectivity index is 1.72. The van der Waals surface area contributed by atoms with Crippen molar-refractivity contribution in [1.29, 1.82) is 0 Å². The third-order valence-electron chi connectivity index (χ3n) is 3.92. The molecule has 0 saturated carbocycles. The van der Waals surface area contributed by atoms with E-state index in [-0.39, 0.29) is 11.3 Å². The SMILES string of the molecule is CC1CCN(C(=O)CCC2CCCO2)CC1Cl. The van der Waals surface area contributed by atoms with Crippen molar-refractivity contribution in [3.05, 3.63) is 0 Å². The summed E-state index contributed by atoms with van der Waals surface area (Å²) in [5.74, 6) is 0.775. The number of rotatable bonds is 3. The summed E-state index contributed by atoms with van der Waals surface area (Å²) in [6, 6.07) is 0. The lowest BCUT2D eigenvalue weighted by atomic mass is 9.98. The third-order valence-corrected chi connectivity index (χ3v) is 4.49. The molecule has 1 amide bonds. The fraction of sp³-hybridized carbons (Fsp3) is 0.923. The topological polar surface area (TPSA) is 29.5 Å². The maximum atomic E-state index is 12.0. The Bertz CT molecular complexity index is 266. The number of hydrogen-bond acceptors (Lipinski definition) is 2. The summed E-state index contributed by atoms with van der Waals surface area (Å²) in [4.78, 5) is 13.9. The summed E-state index contributed by atoms with van der Waals surface area (Å²) in [5.41, 5.74) is 0. The van der Waals surface area contributed by atoms with Crippen LogP contribution in [0.2, 0.25) is 0 Å². The molecule has 17 heavy (non-hydrogen) atoms. The summed E-state index contributed by atoms with van der Waals surface area (Å²) >= 11 is 6.21. The van der Waals surface area contributed by atoms with E-state index in [1.54, 1.807) is 0 Å². The van der Waals surface area contributed by atoms with Crippen molar-refractivity contribution in [2.45, 2.75) is 50.5 Å². The van der Waals surface area contributed by atoms with Crippen molar-refractivity contribution in [1.82, 2.24) is 4.90 Å². The van der Waals surface area contributed by atoms with Crippen molar-refractivity contribution in [3.63, 3.8) is 0 Å². The van der Waals surface area contributed by atoms with Gasteiger partial charge in [-0.1, -0.05) is 6.92 Å². The zero-order chi connectivity index (χ0) is 12.3. The van der Waals surface area contributed by atoms with Crippen LogP contribution in [0, 0.1) is 5.92 Å². The van der Waals surface area contributed by atoms with Gasteiger partial charge < -0.3 is 9.64 Å². The Morgan fingerprint density at radius 3 is 2.94 bits per heavy atom. The average Bonchev–Trinajstić information content (AvgIpc) is 2.82. The van der Waals surface area contributed by atoms with Gasteiger partial charge in [-0.25, -0.2) is 0 Å². The quantitative estimate of drug-likeness (QED) is 0.729. The Morgan fingerprint density at radius 1 is 1.47 bits per heavy atom. The summed E-state index contributed by atoms with van der Waals surface area (Å²) in [6.07, 6.45) is 5.08. The number of piperidine rings is 1. The molecule has 3 nitrogen and oxygen atoms in total. The number of ether oxygens (including phenoxy) is 1. The number of halogens is 1. The summed E-state index contributed by atoms with van der Waals surface area (Å²) in [7, 11) is 0. The van der Waals surface area contributed by atoms with Crippen LogP contribution in [0.15, 0.2) is 0 Å². The van der Waals surface area contributed by atoms with Gasteiger partial charge in [-0.15, -0.1) is 11.6 Å². The smallest absolute Gasteiger partial charge is 0.222 e. The van der Waals surface area contributed by atoms with E-state index in [0.717, 1.165) is 38.8 Å². The Hall–Kier alpha value is -0.280. The van der Waals surface area contributed by atoms with Crippen molar-refractivity contribution < 1.29 is 9.53 Å². The second kappa shape index (κ2) is 6.05. The fourth-order valence-electron chi connectivity index (χ4n) is 2.56. The van der Waals surface area contributed by atoms with Crippen LogP contribution in [-0.2, 0) is 9.53 Å². The third kappa shape index (κ3) is 3.59. The Morgan fingerprint density at radius 2 is 2.29 bits per heavy atom. The molecule has 4 heteroatoms. The van der Waals surface area contributed by atoms with Gasteiger partial charge in [0.05, 0.1) is 11.5 Å². The molecule has 2 aliphatic rings. The molecule has 98 valence electrons. The highest BCUT2D eigenvalue weighted by atomic mass is 35.5. The highest BCUT2D eigenvalue weighted by Crippen LogP contribution is 2.23. The lowest BCUT2D eigenvalue weighted by Crippen LogP contribution is -2.43. The van der Waals surface area contributed by atoms with Gasteiger partial charge in [-0.3, -0.25) is 4.79 Å². The van der Waals surface area contributed by atoms with Crippen molar-refractivity contribution in [2.24, 2.45) is 5.92 Å². The van der Waals surface area contributed by atoms with E-state index < -0.39 is 0 Å². The minimum Gasteiger partial charge on any atom is -0.378 e. The van der Waals surface area contributed by atoms with Gasteiger partial charge in [0.1, 0.15) is 0 Å². The number of carbonyl (C=O) groups is 1. The molecule has 0 aromatic carbocycles. The van der Waals surface area contributed by atoms with Crippen LogP contribution in [0.1, 0.15) is 39.0 Å². The molecule has 0 N–H and O–H groups in total. The number of nitrogens with zero attached hydrogens (tertiary/aromatic N) is 1. The molecule has 3 unspecified atom stereocenters. The largest absolute Gasteiger partial charge is 0.378 e. The van der Waals surface area contributed by atoms with Crippen LogP contribution in [0.5, 0.6) is 0 Å². The molecule has 0 bridgehead atoms. The van der Waals surface area contributed by atoms with Crippen LogP contribution >= 0.6 is 11.6 Å². The first-order valence-corrected chi connectivity index (χ1v) is 7.14. The van der Waals surface area contributed by atoms with Crippen LogP contribution in [-0.4, -0.2) is 42.0 Å². The fourth-order valence-corrected chi connectivity index (χ4v) is 2.86. The molecule has 2 fully saturated rings. The zero-order valence-corrected chi connectivity index (χ0v) is 11.3. The second-order valence-electron chi connectivity index (χ2n) is 5.30. The first kappa shape index (κ1) is 13.2. The maximum Gasteiger partial charge on any atom is 0.222 e. The molecule has 2 aliphatic heterocycles. The van der Waals surface area contributed by atoms with E-state index >= 15 is 0 Å². The van der Waals surface area contributed by atoms with E-state index in [9.17, 15) is 4.79 Å². The van der Waals surface area contributed by atoms with Gasteiger partial charge in [-0.2, -0.15) is 0 Å². The number of alkyl halides is 1. The normalized spacial score (nSPS) is 34.0. The molecule has 0 aromatic rings. The first-order chi connectivity index (χ1) is 8.16. The molecule has 0 spiro atoms. The summed E-state index contributed by atoms with van der Waals surface area (Å²) < 4.78 is 5.53. The Labute approximate surface area is 108 Å². The van der Waals surface area contributed by atoms with Gasteiger partial charge in [0.2, 0.25) is 5.91 Å². The van der Waals surface area contributed by atoms with Crippen molar-refractivity contribution in [3.8, 4) is 0 Å². The Kier molecular flexibility index (Phi) is 4.69. The minimum absolute atomic E-state index is 0.121. The van der Waals surface area contributed by atoms with Gasteiger partial charge in [-0.05, 0) is 31.6 Å². The molecule has 0 radical (unpaired) electrons. The predicted octanol–water partition coefficient (Wildman–Crippen LogP) is 2.42.